The molecule has 0 saturated carbocycles. The molecule has 0 bridgehead atoms. The zero-order valence-electron chi connectivity index (χ0n) is 18.3. The number of hydrogen-bond donors (Lipinski definition) is 1. The third kappa shape index (κ3) is 7.21. The minimum Gasteiger partial charge on any atom is -0.342 e. The molecule has 1 aromatic rings. The first-order chi connectivity index (χ1) is 14.9. The molecule has 3 amide bonds. The number of nitrogens with zero attached hydrogens (tertiary/aromatic N) is 3. The van der Waals surface area contributed by atoms with Crippen molar-refractivity contribution in [3.05, 3.63) is 29.3 Å². The SMILES string of the molecule is CN(CC(=O)Nc1cccc(Cl)c1)CC(=O)N1CCC(C(=O)N2CCCCCC2)CC1. The fourth-order valence-corrected chi connectivity index (χ4v) is 4.51. The number of likely N-dealkylation sites (N-methyl/N-ethyl adjacent to an activating group) is 1. The van der Waals surface area contributed by atoms with E-state index in [9.17, 15) is 14.4 Å². The molecule has 0 unspecified atom stereocenters. The Morgan fingerprint density at radius 1 is 1.00 bits per heavy atom. The van der Waals surface area contributed by atoms with Gasteiger partial charge >= 0.3 is 0 Å². The number of nitrogens with one attached hydrogen (secondary N) is 1. The molecule has 0 radical (unpaired) electrons. The Bertz CT molecular complexity index is 772. The molecule has 2 fully saturated rings. The van der Waals surface area contributed by atoms with Crippen LogP contribution in [0.3, 0.4) is 0 Å². The van der Waals surface area contributed by atoms with E-state index in [-0.39, 0.29) is 36.7 Å². The fraction of sp³-hybridized carbons (Fsp3) is 0.609. The first-order valence-electron chi connectivity index (χ1n) is 11.2. The maximum absolute atomic E-state index is 12.8. The number of rotatable bonds is 6. The number of halogens is 1. The van der Waals surface area contributed by atoms with Gasteiger partial charge in [0.1, 0.15) is 0 Å². The van der Waals surface area contributed by atoms with Gasteiger partial charge in [-0.15, -0.1) is 0 Å². The van der Waals surface area contributed by atoms with Gasteiger partial charge in [-0.2, -0.15) is 0 Å². The van der Waals surface area contributed by atoms with Crippen LogP contribution < -0.4 is 5.32 Å². The third-order valence-corrected chi connectivity index (χ3v) is 6.28. The first-order valence-corrected chi connectivity index (χ1v) is 11.6. The standard InChI is InChI=1S/C23H33ClN4O3/c1-26(16-21(29)25-20-8-6-7-19(24)15-20)17-22(30)27-13-9-18(10-14-27)23(31)28-11-4-2-3-5-12-28/h6-8,15,18H,2-5,9-14,16-17H2,1H3,(H,25,29). The van der Waals surface area contributed by atoms with Crippen molar-refractivity contribution in [2.24, 2.45) is 5.92 Å². The average Bonchev–Trinajstić information content (AvgIpc) is 3.02. The van der Waals surface area contributed by atoms with Crippen molar-refractivity contribution in [2.75, 3.05) is 51.6 Å². The Hall–Kier alpha value is -2.12. The molecule has 0 aromatic heterocycles. The van der Waals surface area contributed by atoms with Gasteiger partial charge in [0.15, 0.2) is 0 Å². The summed E-state index contributed by atoms with van der Waals surface area (Å²) in [5.74, 6) is 0.102. The third-order valence-electron chi connectivity index (χ3n) is 6.04. The van der Waals surface area contributed by atoms with Crippen LogP contribution in [0.15, 0.2) is 24.3 Å². The summed E-state index contributed by atoms with van der Waals surface area (Å²) in [6, 6.07) is 6.97. The molecule has 2 saturated heterocycles. The summed E-state index contributed by atoms with van der Waals surface area (Å²) in [4.78, 5) is 43.2. The highest BCUT2D eigenvalue weighted by Gasteiger charge is 2.30. The summed E-state index contributed by atoms with van der Waals surface area (Å²) < 4.78 is 0. The number of piperidine rings is 1. The molecule has 0 spiro atoms. The largest absolute Gasteiger partial charge is 0.342 e. The molecule has 1 aromatic carbocycles. The van der Waals surface area contributed by atoms with Crippen molar-refractivity contribution in [3.8, 4) is 0 Å². The summed E-state index contributed by atoms with van der Waals surface area (Å²) in [7, 11) is 1.76. The van der Waals surface area contributed by atoms with E-state index >= 15 is 0 Å². The Morgan fingerprint density at radius 3 is 2.32 bits per heavy atom. The van der Waals surface area contributed by atoms with Crippen molar-refractivity contribution in [1.29, 1.82) is 0 Å². The predicted molar refractivity (Wildman–Crippen MR) is 122 cm³/mol. The number of carbonyl (C=O) groups is 3. The predicted octanol–water partition coefficient (Wildman–Crippen LogP) is 2.85. The van der Waals surface area contributed by atoms with E-state index in [1.54, 1.807) is 36.2 Å². The van der Waals surface area contributed by atoms with E-state index in [2.05, 4.69) is 5.32 Å². The lowest BCUT2D eigenvalue weighted by molar-refractivity contribution is -0.141. The summed E-state index contributed by atoms with van der Waals surface area (Å²) in [5.41, 5.74) is 0.633. The van der Waals surface area contributed by atoms with Gasteiger partial charge in [-0.05, 0) is 50.9 Å². The van der Waals surface area contributed by atoms with Crippen LogP contribution in [-0.4, -0.2) is 78.7 Å². The van der Waals surface area contributed by atoms with Crippen molar-refractivity contribution >= 4 is 35.0 Å². The van der Waals surface area contributed by atoms with E-state index in [0.717, 1.165) is 38.8 Å². The Kier molecular flexibility index (Phi) is 8.72. The molecular formula is C23H33ClN4O3. The lowest BCUT2D eigenvalue weighted by Crippen LogP contribution is -2.47. The van der Waals surface area contributed by atoms with E-state index in [0.29, 0.717) is 23.8 Å². The highest BCUT2D eigenvalue weighted by Crippen LogP contribution is 2.22. The highest BCUT2D eigenvalue weighted by molar-refractivity contribution is 6.30. The van der Waals surface area contributed by atoms with Crippen molar-refractivity contribution in [3.63, 3.8) is 0 Å². The van der Waals surface area contributed by atoms with Crippen LogP contribution in [0.25, 0.3) is 0 Å². The molecule has 7 nitrogen and oxygen atoms in total. The zero-order valence-corrected chi connectivity index (χ0v) is 19.1. The summed E-state index contributed by atoms with van der Waals surface area (Å²) >= 11 is 5.93. The maximum Gasteiger partial charge on any atom is 0.238 e. The highest BCUT2D eigenvalue weighted by atomic mass is 35.5. The van der Waals surface area contributed by atoms with Crippen LogP contribution >= 0.6 is 11.6 Å². The fourth-order valence-electron chi connectivity index (χ4n) is 4.32. The van der Waals surface area contributed by atoms with Gasteiger partial charge in [0.25, 0.3) is 0 Å². The number of amides is 3. The molecule has 2 aliphatic rings. The Balaban J connectivity index is 1.39. The lowest BCUT2D eigenvalue weighted by atomic mass is 9.95. The summed E-state index contributed by atoms with van der Waals surface area (Å²) in [6.07, 6.45) is 6.06. The number of anilines is 1. The number of likely N-dealkylation sites (tertiary alicyclic amines) is 2. The second-order valence-corrected chi connectivity index (χ2v) is 9.06. The zero-order chi connectivity index (χ0) is 22.2. The van der Waals surface area contributed by atoms with E-state index in [1.165, 1.54) is 12.8 Å². The van der Waals surface area contributed by atoms with Gasteiger partial charge < -0.3 is 15.1 Å². The van der Waals surface area contributed by atoms with Crippen molar-refractivity contribution in [1.82, 2.24) is 14.7 Å². The van der Waals surface area contributed by atoms with Crippen LogP contribution in [0, 0.1) is 5.92 Å². The normalized spacial score (nSPS) is 18.0. The molecule has 2 aliphatic heterocycles. The van der Waals surface area contributed by atoms with E-state index < -0.39 is 0 Å². The molecule has 8 heteroatoms. The Morgan fingerprint density at radius 2 is 1.68 bits per heavy atom. The molecule has 0 aliphatic carbocycles. The Labute approximate surface area is 189 Å². The topological polar surface area (TPSA) is 73.0 Å². The van der Waals surface area contributed by atoms with Gasteiger partial charge in [-0.3, -0.25) is 19.3 Å². The van der Waals surface area contributed by atoms with Crippen LogP contribution in [0.5, 0.6) is 0 Å². The van der Waals surface area contributed by atoms with Gasteiger partial charge in [0, 0.05) is 42.8 Å². The molecule has 3 rings (SSSR count). The van der Waals surface area contributed by atoms with Gasteiger partial charge in [-0.1, -0.05) is 30.5 Å². The smallest absolute Gasteiger partial charge is 0.238 e. The average molecular weight is 449 g/mol. The summed E-state index contributed by atoms with van der Waals surface area (Å²) in [5, 5.41) is 3.34. The molecule has 31 heavy (non-hydrogen) atoms. The number of hydrogen-bond acceptors (Lipinski definition) is 4. The number of carbonyl (C=O) groups excluding carboxylic acids is 3. The van der Waals surface area contributed by atoms with Crippen LogP contribution in [0.4, 0.5) is 5.69 Å². The maximum atomic E-state index is 12.8. The second kappa shape index (κ2) is 11.5. The van der Waals surface area contributed by atoms with Crippen LogP contribution in [-0.2, 0) is 14.4 Å². The first kappa shape index (κ1) is 23.5. The molecular weight excluding hydrogens is 416 g/mol. The molecule has 1 N–H and O–H groups in total. The quantitative estimate of drug-likeness (QED) is 0.726. The van der Waals surface area contributed by atoms with E-state index in [4.69, 9.17) is 11.6 Å². The number of benzene rings is 1. The van der Waals surface area contributed by atoms with Crippen molar-refractivity contribution in [2.45, 2.75) is 38.5 Å². The molecule has 170 valence electrons. The monoisotopic (exact) mass is 448 g/mol. The molecule has 2 heterocycles. The van der Waals surface area contributed by atoms with Crippen LogP contribution in [0.2, 0.25) is 5.02 Å². The minimum atomic E-state index is -0.195. The lowest BCUT2D eigenvalue weighted by Gasteiger charge is -2.34. The van der Waals surface area contributed by atoms with Crippen LogP contribution in [0.1, 0.15) is 38.5 Å². The van der Waals surface area contributed by atoms with E-state index in [1.807, 2.05) is 9.80 Å². The minimum absolute atomic E-state index is 0.00118. The van der Waals surface area contributed by atoms with Gasteiger partial charge in [0.05, 0.1) is 13.1 Å². The van der Waals surface area contributed by atoms with Gasteiger partial charge in [0.2, 0.25) is 17.7 Å². The molecule has 0 atom stereocenters. The van der Waals surface area contributed by atoms with Crippen molar-refractivity contribution < 1.29 is 14.4 Å². The summed E-state index contributed by atoms with van der Waals surface area (Å²) in [6.45, 7) is 3.24. The second-order valence-electron chi connectivity index (χ2n) is 8.63. The van der Waals surface area contributed by atoms with Gasteiger partial charge in [-0.25, -0.2) is 0 Å².